The van der Waals surface area contributed by atoms with Crippen LogP contribution in [0.5, 0.6) is 0 Å². The van der Waals surface area contributed by atoms with E-state index in [0.717, 1.165) is 31.9 Å². The van der Waals surface area contributed by atoms with E-state index in [1.807, 2.05) is 6.20 Å². The Morgan fingerprint density at radius 3 is 2.53 bits per heavy atom. The summed E-state index contributed by atoms with van der Waals surface area (Å²) in [6.45, 7) is 10.6. The quantitative estimate of drug-likeness (QED) is 0.645. The number of thiazole rings is 1. The summed E-state index contributed by atoms with van der Waals surface area (Å²) in [6.07, 6.45) is 3.99. The van der Waals surface area contributed by atoms with Crippen molar-refractivity contribution in [2.45, 2.75) is 40.5 Å². The van der Waals surface area contributed by atoms with Gasteiger partial charge in [-0.2, -0.15) is 0 Å². The number of nitrogens with one attached hydrogen (secondary N) is 2. The molecule has 0 saturated carbocycles. The van der Waals surface area contributed by atoms with Crippen LogP contribution in [0.1, 0.15) is 37.1 Å². The van der Waals surface area contributed by atoms with Crippen molar-refractivity contribution in [3.8, 4) is 0 Å². The molecule has 4 nitrogen and oxygen atoms in total. The van der Waals surface area contributed by atoms with Gasteiger partial charge in [-0.05, 0) is 18.8 Å². The number of aromatic nitrogens is 1. The SMILES string of the molecule is CN=C(NCCc1ncc(C)s1)NCCC(C)(C)C. The molecule has 0 aromatic carbocycles. The number of aryl methyl sites for hydroxylation is 1. The molecule has 5 heteroatoms. The third kappa shape index (κ3) is 7.15. The predicted octanol–water partition coefficient (Wildman–Crippen LogP) is 2.60. The summed E-state index contributed by atoms with van der Waals surface area (Å²) >= 11 is 1.76. The second kappa shape index (κ2) is 7.48. The molecule has 1 rings (SSSR count). The van der Waals surface area contributed by atoms with Crippen molar-refractivity contribution >= 4 is 17.3 Å². The first-order valence-corrected chi connectivity index (χ1v) is 7.58. The smallest absolute Gasteiger partial charge is 0.190 e. The van der Waals surface area contributed by atoms with Crippen molar-refractivity contribution < 1.29 is 0 Å². The second-order valence-electron chi connectivity index (χ2n) is 5.85. The maximum absolute atomic E-state index is 4.35. The monoisotopic (exact) mass is 282 g/mol. The van der Waals surface area contributed by atoms with Crippen LogP contribution in [0.2, 0.25) is 0 Å². The lowest BCUT2D eigenvalue weighted by Crippen LogP contribution is -2.39. The molecule has 0 amide bonds. The van der Waals surface area contributed by atoms with Gasteiger partial charge in [-0.25, -0.2) is 4.98 Å². The average molecular weight is 282 g/mol. The minimum Gasteiger partial charge on any atom is -0.356 e. The summed E-state index contributed by atoms with van der Waals surface area (Å²) < 4.78 is 0. The minimum atomic E-state index is 0.351. The zero-order valence-corrected chi connectivity index (χ0v) is 13.5. The number of nitrogens with zero attached hydrogens (tertiary/aromatic N) is 2. The van der Waals surface area contributed by atoms with Crippen molar-refractivity contribution in [1.82, 2.24) is 15.6 Å². The Morgan fingerprint density at radius 1 is 1.32 bits per heavy atom. The summed E-state index contributed by atoms with van der Waals surface area (Å²) in [4.78, 5) is 9.84. The normalized spacial score (nSPS) is 12.6. The van der Waals surface area contributed by atoms with Crippen molar-refractivity contribution in [3.05, 3.63) is 16.1 Å². The van der Waals surface area contributed by atoms with Crippen LogP contribution in [0.3, 0.4) is 0 Å². The van der Waals surface area contributed by atoms with Crippen LogP contribution in [0.25, 0.3) is 0 Å². The maximum atomic E-state index is 4.35. The van der Waals surface area contributed by atoms with Gasteiger partial charge in [-0.15, -0.1) is 11.3 Å². The van der Waals surface area contributed by atoms with Gasteiger partial charge in [0.05, 0.1) is 5.01 Å². The van der Waals surface area contributed by atoms with Crippen LogP contribution in [0, 0.1) is 12.3 Å². The third-order valence-corrected chi connectivity index (χ3v) is 3.66. The molecule has 0 saturated heterocycles. The van der Waals surface area contributed by atoms with Gasteiger partial charge >= 0.3 is 0 Å². The highest BCUT2D eigenvalue weighted by Crippen LogP contribution is 2.16. The minimum absolute atomic E-state index is 0.351. The van der Waals surface area contributed by atoms with Gasteiger partial charge in [0, 0.05) is 37.6 Å². The number of hydrogen-bond acceptors (Lipinski definition) is 3. The van der Waals surface area contributed by atoms with E-state index in [0.29, 0.717) is 5.41 Å². The zero-order chi connectivity index (χ0) is 14.3. The summed E-state index contributed by atoms with van der Waals surface area (Å²) in [5, 5.41) is 7.83. The molecule has 1 aromatic rings. The molecule has 0 aliphatic rings. The molecule has 0 aliphatic carbocycles. The van der Waals surface area contributed by atoms with Crippen LogP contribution < -0.4 is 10.6 Å². The van der Waals surface area contributed by atoms with E-state index in [1.165, 1.54) is 9.88 Å². The van der Waals surface area contributed by atoms with Crippen LogP contribution in [0.15, 0.2) is 11.2 Å². The molecule has 0 unspecified atom stereocenters. The highest BCUT2D eigenvalue weighted by molar-refractivity contribution is 7.11. The zero-order valence-electron chi connectivity index (χ0n) is 12.7. The fourth-order valence-corrected chi connectivity index (χ4v) is 2.37. The molecular weight excluding hydrogens is 256 g/mol. The summed E-state index contributed by atoms with van der Waals surface area (Å²) in [5.74, 6) is 0.873. The maximum Gasteiger partial charge on any atom is 0.190 e. The largest absolute Gasteiger partial charge is 0.356 e. The molecule has 0 bridgehead atoms. The molecule has 0 atom stereocenters. The summed E-state index contributed by atoms with van der Waals surface area (Å²) in [7, 11) is 1.81. The fraction of sp³-hybridized carbons (Fsp3) is 0.714. The number of aliphatic imine (C=N–C) groups is 1. The molecule has 2 N–H and O–H groups in total. The molecule has 0 fully saturated rings. The van der Waals surface area contributed by atoms with Crippen molar-refractivity contribution in [2.75, 3.05) is 20.1 Å². The standard InChI is InChI=1S/C14H26N4S/c1-11-10-18-12(19-11)6-8-16-13(15-5)17-9-7-14(2,3)4/h10H,6-9H2,1-5H3,(H2,15,16,17). The molecule has 0 spiro atoms. The Labute approximate surface area is 120 Å². The molecule has 108 valence electrons. The first-order chi connectivity index (χ1) is 8.90. The van der Waals surface area contributed by atoms with Crippen LogP contribution in [0.4, 0.5) is 0 Å². The topological polar surface area (TPSA) is 49.3 Å². The van der Waals surface area contributed by atoms with Gasteiger partial charge in [0.25, 0.3) is 0 Å². The summed E-state index contributed by atoms with van der Waals surface area (Å²) in [6, 6.07) is 0. The van der Waals surface area contributed by atoms with Crippen LogP contribution in [-0.2, 0) is 6.42 Å². The van der Waals surface area contributed by atoms with E-state index in [4.69, 9.17) is 0 Å². The Bertz CT molecular complexity index is 404. The first-order valence-electron chi connectivity index (χ1n) is 6.76. The van der Waals surface area contributed by atoms with Crippen molar-refractivity contribution in [3.63, 3.8) is 0 Å². The molecule has 0 aliphatic heterocycles. The first kappa shape index (κ1) is 16.0. The Balaban J connectivity index is 2.22. The number of guanidine groups is 1. The fourth-order valence-electron chi connectivity index (χ4n) is 1.58. The molecule has 19 heavy (non-hydrogen) atoms. The molecule has 0 radical (unpaired) electrons. The molecule has 1 aromatic heterocycles. The third-order valence-electron chi connectivity index (χ3n) is 2.69. The van der Waals surface area contributed by atoms with E-state index in [-0.39, 0.29) is 0 Å². The Morgan fingerprint density at radius 2 is 2.00 bits per heavy atom. The van der Waals surface area contributed by atoms with E-state index < -0.39 is 0 Å². The lowest BCUT2D eigenvalue weighted by molar-refractivity contribution is 0.377. The number of rotatable bonds is 5. The van der Waals surface area contributed by atoms with Gasteiger partial charge < -0.3 is 10.6 Å². The molecule has 1 heterocycles. The van der Waals surface area contributed by atoms with Crippen LogP contribution >= 0.6 is 11.3 Å². The van der Waals surface area contributed by atoms with Gasteiger partial charge in [0.15, 0.2) is 5.96 Å². The van der Waals surface area contributed by atoms with Gasteiger partial charge in [-0.3, -0.25) is 4.99 Å². The average Bonchev–Trinajstić information content (AvgIpc) is 2.71. The van der Waals surface area contributed by atoms with Crippen LogP contribution in [-0.4, -0.2) is 31.1 Å². The van der Waals surface area contributed by atoms with E-state index in [2.05, 4.69) is 48.3 Å². The highest BCUT2D eigenvalue weighted by atomic mass is 32.1. The van der Waals surface area contributed by atoms with E-state index in [9.17, 15) is 0 Å². The lowest BCUT2D eigenvalue weighted by atomic mass is 9.92. The van der Waals surface area contributed by atoms with Crippen molar-refractivity contribution in [1.29, 1.82) is 0 Å². The van der Waals surface area contributed by atoms with Gasteiger partial charge in [0.2, 0.25) is 0 Å². The highest BCUT2D eigenvalue weighted by Gasteiger charge is 2.09. The second-order valence-corrected chi connectivity index (χ2v) is 7.17. The van der Waals surface area contributed by atoms with Gasteiger partial charge in [0.1, 0.15) is 0 Å². The Hall–Kier alpha value is -1.10. The van der Waals surface area contributed by atoms with Gasteiger partial charge in [-0.1, -0.05) is 20.8 Å². The lowest BCUT2D eigenvalue weighted by Gasteiger charge is -2.19. The van der Waals surface area contributed by atoms with Crippen molar-refractivity contribution in [2.24, 2.45) is 10.4 Å². The number of hydrogen-bond donors (Lipinski definition) is 2. The Kier molecular flexibility index (Phi) is 6.28. The summed E-state index contributed by atoms with van der Waals surface area (Å²) in [5.41, 5.74) is 0.351. The molecular formula is C14H26N4S. The predicted molar refractivity (Wildman–Crippen MR) is 84.0 cm³/mol. The van der Waals surface area contributed by atoms with E-state index >= 15 is 0 Å². The van der Waals surface area contributed by atoms with E-state index in [1.54, 1.807) is 18.4 Å².